The number of urea groups is 1. The molecular formula is C18H23N3O5. The Morgan fingerprint density at radius 2 is 1.77 bits per heavy atom. The lowest BCUT2D eigenvalue weighted by Gasteiger charge is -2.26. The van der Waals surface area contributed by atoms with Crippen molar-refractivity contribution in [1.82, 2.24) is 10.6 Å². The van der Waals surface area contributed by atoms with E-state index in [1.54, 1.807) is 38.1 Å². The number of rotatable bonds is 6. The molecule has 1 aromatic carbocycles. The Morgan fingerprint density at radius 3 is 2.35 bits per heavy atom. The minimum Gasteiger partial charge on any atom is -0.463 e. The third-order valence-electron chi connectivity index (χ3n) is 3.83. The van der Waals surface area contributed by atoms with Crippen molar-refractivity contribution in [2.24, 2.45) is 0 Å². The van der Waals surface area contributed by atoms with Crippen LogP contribution in [0.5, 0.6) is 0 Å². The molecule has 0 aliphatic carbocycles. The van der Waals surface area contributed by atoms with E-state index in [1.165, 1.54) is 0 Å². The van der Waals surface area contributed by atoms with E-state index < -0.39 is 24.0 Å². The Labute approximate surface area is 152 Å². The van der Waals surface area contributed by atoms with E-state index in [9.17, 15) is 14.4 Å². The zero-order valence-electron chi connectivity index (χ0n) is 15.3. The predicted molar refractivity (Wildman–Crippen MR) is 95.8 cm³/mol. The molecule has 0 unspecified atom stereocenters. The van der Waals surface area contributed by atoms with Crippen molar-refractivity contribution < 1.29 is 23.9 Å². The molecule has 1 aromatic rings. The van der Waals surface area contributed by atoms with Crippen LogP contribution in [0.2, 0.25) is 0 Å². The van der Waals surface area contributed by atoms with Gasteiger partial charge in [-0.1, -0.05) is 0 Å². The van der Waals surface area contributed by atoms with Crippen LogP contribution in [-0.2, 0) is 14.3 Å². The lowest BCUT2D eigenvalue weighted by molar-refractivity contribution is -0.139. The minimum atomic E-state index is -0.561. The number of amides is 2. The summed E-state index contributed by atoms with van der Waals surface area (Å²) in [4.78, 5) is 37.9. The molecule has 0 fully saturated rings. The smallest absolute Gasteiger partial charge is 0.338 e. The largest absolute Gasteiger partial charge is 0.463 e. The van der Waals surface area contributed by atoms with E-state index in [2.05, 4.69) is 10.6 Å². The number of nitrogens with zero attached hydrogens (tertiary/aromatic N) is 1. The van der Waals surface area contributed by atoms with Gasteiger partial charge in [-0.05, 0) is 38.1 Å². The first-order chi connectivity index (χ1) is 12.3. The van der Waals surface area contributed by atoms with Crippen LogP contribution in [0.25, 0.3) is 0 Å². The maximum Gasteiger partial charge on any atom is 0.338 e. The molecule has 140 valence electrons. The molecule has 0 radical (unpaired) electrons. The van der Waals surface area contributed by atoms with Crippen molar-refractivity contribution >= 4 is 23.7 Å². The molecule has 2 amide bonds. The van der Waals surface area contributed by atoms with E-state index in [1.807, 2.05) is 19.0 Å². The zero-order chi connectivity index (χ0) is 19.3. The van der Waals surface area contributed by atoms with Gasteiger partial charge in [0, 0.05) is 19.8 Å². The Kier molecular flexibility index (Phi) is 6.21. The van der Waals surface area contributed by atoms with Crippen molar-refractivity contribution in [2.45, 2.75) is 19.9 Å². The molecule has 8 heteroatoms. The number of esters is 2. The number of ether oxygens (including phenoxy) is 2. The van der Waals surface area contributed by atoms with Gasteiger partial charge in [0.1, 0.15) is 6.61 Å². The molecule has 1 heterocycles. The average Bonchev–Trinajstić information content (AvgIpc) is 2.59. The third kappa shape index (κ3) is 4.53. The number of benzene rings is 1. The summed E-state index contributed by atoms with van der Waals surface area (Å²) in [5.41, 5.74) is 1.79. The topological polar surface area (TPSA) is 97.0 Å². The Morgan fingerprint density at radius 1 is 1.12 bits per heavy atom. The van der Waals surface area contributed by atoms with Crippen LogP contribution >= 0.6 is 0 Å². The summed E-state index contributed by atoms with van der Waals surface area (Å²) in [5.74, 6) is -1.11. The van der Waals surface area contributed by atoms with Gasteiger partial charge in [-0.25, -0.2) is 14.4 Å². The van der Waals surface area contributed by atoms with Gasteiger partial charge in [0.2, 0.25) is 0 Å². The highest BCUT2D eigenvalue weighted by Gasteiger charge is 2.30. The molecule has 0 spiro atoms. The van der Waals surface area contributed by atoms with Gasteiger partial charge in [-0.2, -0.15) is 0 Å². The van der Waals surface area contributed by atoms with Gasteiger partial charge in [0.25, 0.3) is 0 Å². The van der Waals surface area contributed by atoms with Gasteiger partial charge in [0.05, 0.1) is 29.5 Å². The monoisotopic (exact) mass is 361 g/mol. The fraction of sp³-hybridized carbons (Fsp3) is 0.389. The summed E-state index contributed by atoms with van der Waals surface area (Å²) >= 11 is 0. The Hall–Kier alpha value is -3.03. The predicted octanol–water partition coefficient (Wildman–Crippen LogP) is 1.43. The maximum absolute atomic E-state index is 12.2. The van der Waals surface area contributed by atoms with Crippen molar-refractivity contribution in [1.29, 1.82) is 0 Å². The van der Waals surface area contributed by atoms with E-state index in [0.717, 1.165) is 5.69 Å². The normalized spacial score (nSPS) is 16.5. The first-order valence-electron chi connectivity index (χ1n) is 8.25. The standard InChI is InChI=1S/C18H23N3O5/c1-5-25-17(23)15-11(2)19-18(24)20-14(15)10-26-16(22)12-6-8-13(9-7-12)21(3)4/h6-9,11H,5,10H2,1-4H3,(H2,19,20,24)/t11-/m0/s1. The molecule has 2 N–H and O–H groups in total. The summed E-state index contributed by atoms with van der Waals surface area (Å²) in [5, 5.41) is 5.09. The number of hydrogen-bond donors (Lipinski definition) is 2. The van der Waals surface area contributed by atoms with E-state index in [0.29, 0.717) is 5.56 Å². The first-order valence-corrected chi connectivity index (χ1v) is 8.25. The lowest BCUT2D eigenvalue weighted by atomic mass is 10.0. The summed E-state index contributed by atoms with van der Waals surface area (Å²) in [7, 11) is 3.80. The van der Waals surface area contributed by atoms with Gasteiger partial charge in [0.15, 0.2) is 0 Å². The zero-order valence-corrected chi connectivity index (χ0v) is 15.3. The number of hydrogen-bond acceptors (Lipinski definition) is 6. The SMILES string of the molecule is CCOC(=O)C1=C(COC(=O)c2ccc(N(C)C)cc2)NC(=O)N[C@H]1C. The van der Waals surface area contributed by atoms with Crippen LogP contribution in [0, 0.1) is 0 Å². The fourth-order valence-electron chi connectivity index (χ4n) is 2.51. The molecule has 0 saturated heterocycles. The van der Waals surface area contributed by atoms with E-state index >= 15 is 0 Å². The van der Waals surface area contributed by atoms with Crippen LogP contribution in [-0.4, -0.2) is 51.3 Å². The lowest BCUT2D eigenvalue weighted by Crippen LogP contribution is -2.50. The molecule has 0 aromatic heterocycles. The summed E-state index contributed by atoms with van der Waals surface area (Å²) < 4.78 is 10.3. The first kappa shape index (κ1) is 19.3. The molecular weight excluding hydrogens is 338 g/mol. The fourth-order valence-corrected chi connectivity index (χ4v) is 2.51. The van der Waals surface area contributed by atoms with Crippen molar-refractivity contribution in [3.05, 3.63) is 41.1 Å². The summed E-state index contributed by atoms with van der Waals surface area (Å²) in [6.07, 6.45) is 0. The maximum atomic E-state index is 12.2. The molecule has 1 aliphatic rings. The Balaban J connectivity index is 2.13. The van der Waals surface area contributed by atoms with Crippen molar-refractivity contribution in [2.75, 3.05) is 32.2 Å². The highest BCUT2D eigenvalue weighted by Crippen LogP contribution is 2.16. The molecule has 26 heavy (non-hydrogen) atoms. The van der Waals surface area contributed by atoms with Crippen LogP contribution in [0.1, 0.15) is 24.2 Å². The van der Waals surface area contributed by atoms with Gasteiger partial charge < -0.3 is 25.0 Å². The quantitative estimate of drug-likeness (QED) is 0.744. The third-order valence-corrected chi connectivity index (χ3v) is 3.83. The second-order valence-corrected chi connectivity index (χ2v) is 5.95. The second-order valence-electron chi connectivity index (χ2n) is 5.95. The van der Waals surface area contributed by atoms with Crippen LogP contribution in [0.15, 0.2) is 35.5 Å². The second kappa shape index (κ2) is 8.37. The highest BCUT2D eigenvalue weighted by molar-refractivity contribution is 5.95. The summed E-state index contributed by atoms with van der Waals surface area (Å²) in [6, 6.07) is 5.90. The Bertz CT molecular complexity index is 725. The number of carbonyl (C=O) groups is 3. The van der Waals surface area contributed by atoms with Gasteiger partial charge in [-0.3, -0.25) is 0 Å². The molecule has 0 saturated carbocycles. The minimum absolute atomic E-state index is 0.203. The molecule has 2 rings (SSSR count). The van der Waals surface area contributed by atoms with Gasteiger partial charge >= 0.3 is 18.0 Å². The van der Waals surface area contributed by atoms with E-state index in [-0.39, 0.29) is 24.5 Å². The molecule has 1 atom stereocenters. The van der Waals surface area contributed by atoms with Crippen LogP contribution in [0.4, 0.5) is 10.5 Å². The number of anilines is 1. The molecule has 1 aliphatic heterocycles. The van der Waals surface area contributed by atoms with Gasteiger partial charge in [-0.15, -0.1) is 0 Å². The van der Waals surface area contributed by atoms with Crippen LogP contribution in [0.3, 0.4) is 0 Å². The van der Waals surface area contributed by atoms with Crippen molar-refractivity contribution in [3.8, 4) is 0 Å². The highest BCUT2D eigenvalue weighted by atomic mass is 16.5. The van der Waals surface area contributed by atoms with Crippen LogP contribution < -0.4 is 15.5 Å². The number of carbonyl (C=O) groups excluding carboxylic acids is 3. The van der Waals surface area contributed by atoms with Crippen molar-refractivity contribution in [3.63, 3.8) is 0 Å². The van der Waals surface area contributed by atoms with E-state index in [4.69, 9.17) is 9.47 Å². The average molecular weight is 361 g/mol. The molecule has 0 bridgehead atoms. The molecule has 8 nitrogen and oxygen atoms in total. The number of nitrogens with one attached hydrogen (secondary N) is 2. The summed E-state index contributed by atoms with van der Waals surface area (Å²) in [6.45, 7) is 3.32.